The molecule has 0 fully saturated rings. The standard InChI is InChI=1S/C35H34NO2.C15H28O2.Ir/c1-20(2)14-32-22(4)27-16-24(12-13-31(27)38-32)28-18-30(36-33-21(3)19-37-34(28)33)25-15-23-10-8-9-11-26(23)29(17-25)35(5,6)7;1-7-14(5,8-2)12(16)11-13(17)15(6,9-3)10-4;/h8-13,16-20H,14H2,1-7H3;11,16H,7-10H2,1-6H3;/q-1;;/b;12-11-;. The average molecular weight is 933 g/mol. The van der Waals surface area contributed by atoms with Crippen molar-refractivity contribution in [1.29, 1.82) is 0 Å². The zero-order chi connectivity index (χ0) is 40.5. The first-order valence-electron chi connectivity index (χ1n) is 20.2. The first-order chi connectivity index (χ1) is 25.9. The Balaban J connectivity index is 0.000000330. The maximum Gasteiger partial charge on any atom is 0.164 e. The number of aryl methyl sites for hydroxylation is 2. The number of aliphatic hydroxyl groups is 1. The van der Waals surface area contributed by atoms with Gasteiger partial charge in [0.15, 0.2) is 11.4 Å². The smallest absolute Gasteiger partial charge is 0.164 e. The van der Waals surface area contributed by atoms with Crippen molar-refractivity contribution in [2.75, 3.05) is 0 Å². The number of hydrogen-bond acceptors (Lipinski definition) is 5. The van der Waals surface area contributed by atoms with E-state index in [1.807, 2.05) is 41.5 Å². The molecule has 3 aromatic heterocycles. The van der Waals surface area contributed by atoms with Gasteiger partial charge in [0.05, 0.1) is 6.26 Å². The van der Waals surface area contributed by atoms with Crippen LogP contribution in [0.1, 0.15) is 124 Å². The molecule has 301 valence electrons. The van der Waals surface area contributed by atoms with Crippen molar-refractivity contribution in [3.63, 3.8) is 0 Å². The third-order valence-corrected chi connectivity index (χ3v) is 12.1. The summed E-state index contributed by atoms with van der Waals surface area (Å²) in [6, 6.07) is 23.0. The predicted octanol–water partition coefficient (Wildman–Crippen LogP) is 14.6. The Hall–Kier alpha value is -3.99. The molecular formula is C50H62IrNO4-. The van der Waals surface area contributed by atoms with Crippen LogP contribution in [0.3, 0.4) is 0 Å². The second-order valence-corrected chi connectivity index (χ2v) is 17.4. The molecule has 0 spiro atoms. The van der Waals surface area contributed by atoms with E-state index in [9.17, 15) is 9.90 Å². The number of furan rings is 2. The van der Waals surface area contributed by atoms with Gasteiger partial charge in [-0.3, -0.25) is 9.78 Å². The molecule has 0 aliphatic heterocycles. The number of carbonyl (C=O) groups excluding carboxylic acids is 1. The van der Waals surface area contributed by atoms with E-state index >= 15 is 0 Å². The quantitative estimate of drug-likeness (QED) is 0.0796. The summed E-state index contributed by atoms with van der Waals surface area (Å²) in [6.07, 6.45) is 7.49. The molecule has 0 aliphatic carbocycles. The average Bonchev–Trinajstić information content (AvgIpc) is 3.70. The summed E-state index contributed by atoms with van der Waals surface area (Å²) < 4.78 is 12.3. The van der Waals surface area contributed by atoms with E-state index in [2.05, 4.69) is 109 Å². The molecule has 6 rings (SSSR count). The number of carbonyl (C=O) groups is 1. The van der Waals surface area contributed by atoms with Gasteiger partial charge >= 0.3 is 0 Å². The fraction of sp³-hybridized carbons (Fsp3) is 0.440. The molecule has 1 radical (unpaired) electrons. The van der Waals surface area contributed by atoms with E-state index in [0.717, 1.165) is 93.3 Å². The van der Waals surface area contributed by atoms with Crippen LogP contribution in [0.15, 0.2) is 81.5 Å². The molecule has 0 saturated heterocycles. The van der Waals surface area contributed by atoms with Crippen molar-refractivity contribution in [2.45, 2.75) is 128 Å². The second kappa shape index (κ2) is 17.7. The number of aromatic nitrogens is 1. The zero-order valence-electron chi connectivity index (χ0n) is 35.9. The monoisotopic (exact) mass is 933 g/mol. The molecule has 0 atom stereocenters. The Morgan fingerprint density at radius 1 is 0.875 bits per heavy atom. The van der Waals surface area contributed by atoms with Crippen LogP contribution >= 0.6 is 0 Å². The predicted molar refractivity (Wildman–Crippen MR) is 231 cm³/mol. The molecular weight excluding hydrogens is 871 g/mol. The summed E-state index contributed by atoms with van der Waals surface area (Å²) in [7, 11) is 0. The van der Waals surface area contributed by atoms with Crippen molar-refractivity contribution in [2.24, 2.45) is 16.7 Å². The van der Waals surface area contributed by atoms with Crippen molar-refractivity contribution in [1.82, 2.24) is 4.98 Å². The molecule has 6 aromatic rings. The van der Waals surface area contributed by atoms with Crippen LogP contribution in [0, 0.1) is 36.7 Å². The van der Waals surface area contributed by atoms with Crippen LogP contribution in [0.25, 0.3) is 55.2 Å². The number of ketones is 1. The number of fused-ring (bicyclic) bond motifs is 3. The van der Waals surface area contributed by atoms with Crippen molar-refractivity contribution < 1.29 is 38.8 Å². The van der Waals surface area contributed by atoms with E-state index in [1.54, 1.807) is 6.26 Å². The summed E-state index contributed by atoms with van der Waals surface area (Å²) in [5, 5.41) is 13.6. The van der Waals surface area contributed by atoms with Crippen molar-refractivity contribution >= 4 is 38.6 Å². The Kier molecular flexibility index (Phi) is 14.1. The molecule has 0 aliphatic rings. The summed E-state index contributed by atoms with van der Waals surface area (Å²) >= 11 is 0. The van der Waals surface area contributed by atoms with E-state index in [-0.39, 0.29) is 47.9 Å². The minimum Gasteiger partial charge on any atom is -0.512 e. The van der Waals surface area contributed by atoms with Crippen LogP contribution in [0.2, 0.25) is 0 Å². The molecule has 56 heavy (non-hydrogen) atoms. The first kappa shape index (κ1) is 44.7. The summed E-state index contributed by atoms with van der Waals surface area (Å²) in [4.78, 5) is 17.3. The molecule has 5 nitrogen and oxygen atoms in total. The van der Waals surface area contributed by atoms with Gasteiger partial charge in [-0.15, -0.1) is 29.1 Å². The van der Waals surface area contributed by atoms with Gasteiger partial charge in [-0.25, -0.2) is 0 Å². The fourth-order valence-electron chi connectivity index (χ4n) is 7.15. The van der Waals surface area contributed by atoms with Crippen molar-refractivity contribution in [3.05, 3.63) is 101 Å². The maximum atomic E-state index is 12.2. The normalized spacial score (nSPS) is 12.6. The van der Waals surface area contributed by atoms with E-state index in [0.29, 0.717) is 5.92 Å². The number of hydrogen-bond donors (Lipinski definition) is 1. The fourth-order valence-corrected chi connectivity index (χ4v) is 7.15. The van der Waals surface area contributed by atoms with Gasteiger partial charge in [-0.1, -0.05) is 117 Å². The van der Waals surface area contributed by atoms with Gasteiger partial charge < -0.3 is 13.9 Å². The zero-order valence-corrected chi connectivity index (χ0v) is 38.3. The minimum atomic E-state index is -0.337. The Morgan fingerprint density at radius 2 is 1.52 bits per heavy atom. The van der Waals surface area contributed by atoms with Gasteiger partial charge in [-0.2, -0.15) is 0 Å². The minimum absolute atomic E-state index is 0. The van der Waals surface area contributed by atoms with Gasteiger partial charge in [-0.05, 0) is 74.1 Å². The second-order valence-electron chi connectivity index (χ2n) is 17.4. The topological polar surface area (TPSA) is 76.5 Å². The molecule has 1 N–H and O–H groups in total. The Morgan fingerprint density at radius 3 is 2.12 bits per heavy atom. The molecule has 0 saturated carbocycles. The third-order valence-electron chi connectivity index (χ3n) is 12.1. The van der Waals surface area contributed by atoms with Crippen LogP contribution in [0.5, 0.6) is 0 Å². The number of allylic oxidation sites excluding steroid dienone is 2. The SMILES string of the molecule is CCC(C)(CC)C(=O)/C=C(\O)C(C)(CC)CC.Cc1c(CC(C)C)oc2ccc(-c3cc(-c4[c-]c5ccccc5c(C(C)(C)C)c4)nc4c(C)coc34)cc12.[Ir]. The van der Waals surface area contributed by atoms with E-state index in [4.69, 9.17) is 13.8 Å². The number of rotatable bonds is 11. The van der Waals surface area contributed by atoms with Crippen LogP contribution in [-0.2, 0) is 36.7 Å². The molecule has 0 unspecified atom stereocenters. The largest absolute Gasteiger partial charge is 0.512 e. The molecule has 0 bridgehead atoms. The summed E-state index contributed by atoms with van der Waals surface area (Å²) in [5.41, 5.74) is 9.58. The first-order valence-corrected chi connectivity index (χ1v) is 20.2. The maximum absolute atomic E-state index is 12.2. The van der Waals surface area contributed by atoms with Gasteiger partial charge in [0, 0.05) is 65.6 Å². The Labute approximate surface area is 348 Å². The molecule has 3 aromatic carbocycles. The van der Waals surface area contributed by atoms with E-state index in [1.165, 1.54) is 22.6 Å². The number of benzene rings is 3. The summed E-state index contributed by atoms with van der Waals surface area (Å²) in [5.74, 6) is 1.90. The number of nitrogens with zero attached hydrogens (tertiary/aromatic N) is 1. The van der Waals surface area contributed by atoms with Gasteiger partial charge in [0.2, 0.25) is 0 Å². The third kappa shape index (κ3) is 9.08. The van der Waals surface area contributed by atoms with Crippen LogP contribution in [-0.4, -0.2) is 15.9 Å². The van der Waals surface area contributed by atoms with Crippen molar-refractivity contribution in [3.8, 4) is 22.4 Å². The number of pyridine rings is 1. The van der Waals surface area contributed by atoms with Gasteiger partial charge in [0.1, 0.15) is 22.6 Å². The molecule has 6 heteroatoms. The molecule has 0 amide bonds. The molecule has 3 heterocycles. The number of aliphatic hydroxyl groups excluding tert-OH is 1. The van der Waals surface area contributed by atoms with Crippen LogP contribution < -0.4 is 0 Å². The summed E-state index contributed by atoms with van der Waals surface area (Å²) in [6.45, 7) is 27.5. The van der Waals surface area contributed by atoms with E-state index < -0.39 is 0 Å². The van der Waals surface area contributed by atoms with Gasteiger partial charge in [0.25, 0.3) is 0 Å². The van der Waals surface area contributed by atoms with Crippen LogP contribution in [0.4, 0.5) is 0 Å². The Bertz CT molecular complexity index is 2340.